The Balaban J connectivity index is 1.75. The quantitative estimate of drug-likeness (QED) is 0.824. The molecule has 0 saturated carbocycles. The first-order valence-electron chi connectivity index (χ1n) is 10.8. The number of anilines is 1. The minimum Gasteiger partial charge on any atom is -0.352 e. The molecule has 1 spiro atoms. The Hall–Kier alpha value is -2.83. The van der Waals surface area contributed by atoms with E-state index in [0.29, 0.717) is 25.4 Å². The zero-order valence-electron chi connectivity index (χ0n) is 18.3. The zero-order valence-corrected chi connectivity index (χ0v) is 18.3. The summed E-state index contributed by atoms with van der Waals surface area (Å²) in [5.74, 6) is 1.31. The number of amides is 2. The summed E-state index contributed by atoms with van der Waals surface area (Å²) in [7, 11) is 0. The average molecular weight is 410 g/mol. The Morgan fingerprint density at radius 1 is 1.20 bits per heavy atom. The number of nitrogens with zero attached hydrogens (tertiary/aromatic N) is 4. The Morgan fingerprint density at radius 3 is 2.73 bits per heavy atom. The maximum absolute atomic E-state index is 12.9. The molecule has 0 aliphatic carbocycles. The molecule has 0 radical (unpaired) electrons. The Kier molecular flexibility index (Phi) is 5.30. The SMILES string of the molecule is CC(C)CC(=O)N1CC[C@@]2(C1)c1cccn1-c1ncccc1N2CC(=O)NC(C)C. The molecule has 7 nitrogen and oxygen atoms in total. The van der Waals surface area contributed by atoms with Crippen molar-refractivity contribution in [3.8, 4) is 5.82 Å². The minimum atomic E-state index is -0.444. The molecule has 7 heteroatoms. The molecular formula is C23H31N5O2. The lowest BCUT2D eigenvalue weighted by Gasteiger charge is -2.46. The molecule has 1 saturated heterocycles. The second kappa shape index (κ2) is 7.78. The van der Waals surface area contributed by atoms with Crippen LogP contribution in [0.4, 0.5) is 5.69 Å². The van der Waals surface area contributed by atoms with Gasteiger partial charge in [0.1, 0.15) is 5.54 Å². The van der Waals surface area contributed by atoms with E-state index in [2.05, 4.69) is 39.7 Å². The lowest BCUT2D eigenvalue weighted by Crippen LogP contribution is -2.56. The van der Waals surface area contributed by atoms with Crippen molar-refractivity contribution in [2.24, 2.45) is 5.92 Å². The third kappa shape index (κ3) is 3.46. The topological polar surface area (TPSA) is 70.5 Å². The molecule has 4 heterocycles. The van der Waals surface area contributed by atoms with E-state index in [1.165, 1.54) is 0 Å². The van der Waals surface area contributed by atoms with Crippen molar-refractivity contribution in [3.05, 3.63) is 42.4 Å². The molecule has 2 aliphatic rings. The van der Waals surface area contributed by atoms with Crippen LogP contribution < -0.4 is 10.2 Å². The molecule has 2 amide bonds. The van der Waals surface area contributed by atoms with Crippen LogP contribution in [-0.4, -0.2) is 51.9 Å². The molecule has 1 atom stereocenters. The molecule has 2 aromatic rings. The van der Waals surface area contributed by atoms with Crippen LogP contribution in [0.3, 0.4) is 0 Å². The van der Waals surface area contributed by atoms with E-state index in [0.717, 1.165) is 23.6 Å². The van der Waals surface area contributed by atoms with Gasteiger partial charge in [0.15, 0.2) is 5.82 Å². The summed E-state index contributed by atoms with van der Waals surface area (Å²) < 4.78 is 2.11. The smallest absolute Gasteiger partial charge is 0.239 e. The van der Waals surface area contributed by atoms with Crippen molar-refractivity contribution in [1.82, 2.24) is 19.8 Å². The van der Waals surface area contributed by atoms with Gasteiger partial charge in [0.2, 0.25) is 11.8 Å². The second-order valence-corrected chi connectivity index (χ2v) is 9.11. The highest BCUT2D eigenvalue weighted by atomic mass is 16.2. The van der Waals surface area contributed by atoms with Gasteiger partial charge in [0, 0.05) is 37.9 Å². The second-order valence-electron chi connectivity index (χ2n) is 9.11. The number of likely N-dealkylation sites (tertiary alicyclic amines) is 1. The predicted molar refractivity (Wildman–Crippen MR) is 117 cm³/mol. The number of carbonyl (C=O) groups is 2. The number of rotatable bonds is 5. The van der Waals surface area contributed by atoms with E-state index in [1.54, 1.807) is 6.20 Å². The Bertz CT molecular complexity index is 951. The molecule has 0 unspecified atom stereocenters. The normalized spacial score (nSPS) is 20.1. The highest BCUT2D eigenvalue weighted by molar-refractivity contribution is 5.84. The van der Waals surface area contributed by atoms with Crippen molar-refractivity contribution in [2.45, 2.75) is 52.1 Å². The summed E-state index contributed by atoms with van der Waals surface area (Å²) in [6, 6.07) is 8.12. The molecule has 0 bridgehead atoms. The lowest BCUT2D eigenvalue weighted by atomic mass is 9.88. The fourth-order valence-electron chi connectivity index (χ4n) is 4.76. The van der Waals surface area contributed by atoms with Gasteiger partial charge in [0.25, 0.3) is 0 Å². The third-order valence-corrected chi connectivity index (χ3v) is 5.96. The highest BCUT2D eigenvalue weighted by Gasteiger charge is 2.51. The van der Waals surface area contributed by atoms with Crippen LogP contribution in [0.15, 0.2) is 36.7 Å². The van der Waals surface area contributed by atoms with Crippen molar-refractivity contribution in [2.75, 3.05) is 24.5 Å². The Labute approximate surface area is 178 Å². The van der Waals surface area contributed by atoms with Crippen molar-refractivity contribution in [3.63, 3.8) is 0 Å². The first kappa shape index (κ1) is 20.4. The molecule has 30 heavy (non-hydrogen) atoms. The van der Waals surface area contributed by atoms with E-state index >= 15 is 0 Å². The van der Waals surface area contributed by atoms with Gasteiger partial charge in [-0.3, -0.25) is 9.59 Å². The molecule has 2 aliphatic heterocycles. The number of carbonyl (C=O) groups excluding carboxylic acids is 2. The van der Waals surface area contributed by atoms with Gasteiger partial charge >= 0.3 is 0 Å². The van der Waals surface area contributed by atoms with E-state index in [4.69, 9.17) is 0 Å². The van der Waals surface area contributed by atoms with Gasteiger partial charge in [0.05, 0.1) is 17.9 Å². The number of nitrogens with one attached hydrogen (secondary N) is 1. The number of hydrogen-bond acceptors (Lipinski definition) is 4. The van der Waals surface area contributed by atoms with Gasteiger partial charge in [-0.1, -0.05) is 13.8 Å². The van der Waals surface area contributed by atoms with Gasteiger partial charge in [-0.15, -0.1) is 0 Å². The van der Waals surface area contributed by atoms with E-state index in [-0.39, 0.29) is 24.4 Å². The van der Waals surface area contributed by atoms with Crippen LogP contribution >= 0.6 is 0 Å². The number of aromatic nitrogens is 2. The minimum absolute atomic E-state index is 0.0221. The molecule has 1 N–H and O–H groups in total. The van der Waals surface area contributed by atoms with Crippen molar-refractivity contribution in [1.29, 1.82) is 0 Å². The van der Waals surface area contributed by atoms with Crippen LogP contribution in [0, 0.1) is 5.92 Å². The van der Waals surface area contributed by atoms with Crippen LogP contribution in [-0.2, 0) is 15.1 Å². The molecular weight excluding hydrogens is 378 g/mol. The number of pyridine rings is 1. The maximum Gasteiger partial charge on any atom is 0.239 e. The average Bonchev–Trinajstić information content (AvgIpc) is 3.33. The van der Waals surface area contributed by atoms with Crippen LogP contribution in [0.1, 0.15) is 46.2 Å². The van der Waals surface area contributed by atoms with Crippen molar-refractivity contribution < 1.29 is 9.59 Å². The van der Waals surface area contributed by atoms with Gasteiger partial charge in [-0.2, -0.15) is 0 Å². The summed E-state index contributed by atoms with van der Waals surface area (Å²) in [6.45, 7) is 9.56. The third-order valence-electron chi connectivity index (χ3n) is 5.96. The molecule has 160 valence electrons. The van der Waals surface area contributed by atoms with Crippen LogP contribution in [0.5, 0.6) is 0 Å². The molecule has 0 aromatic carbocycles. The lowest BCUT2D eigenvalue weighted by molar-refractivity contribution is -0.131. The van der Waals surface area contributed by atoms with E-state index in [1.807, 2.05) is 43.1 Å². The summed E-state index contributed by atoms with van der Waals surface area (Å²) >= 11 is 0. The monoisotopic (exact) mass is 409 g/mol. The van der Waals surface area contributed by atoms with Gasteiger partial charge in [-0.25, -0.2) is 4.98 Å². The highest BCUT2D eigenvalue weighted by Crippen LogP contribution is 2.46. The summed E-state index contributed by atoms with van der Waals surface area (Å²) in [6.07, 6.45) is 5.13. The fourth-order valence-corrected chi connectivity index (χ4v) is 4.76. The largest absolute Gasteiger partial charge is 0.352 e. The maximum atomic E-state index is 12.9. The van der Waals surface area contributed by atoms with Crippen molar-refractivity contribution >= 4 is 17.5 Å². The summed E-state index contributed by atoms with van der Waals surface area (Å²) in [4.78, 5) is 34.4. The van der Waals surface area contributed by atoms with Crippen LogP contribution in [0.2, 0.25) is 0 Å². The summed E-state index contributed by atoms with van der Waals surface area (Å²) in [5.41, 5.74) is 1.57. The first-order valence-corrected chi connectivity index (χ1v) is 10.8. The van der Waals surface area contributed by atoms with Crippen LogP contribution in [0.25, 0.3) is 5.82 Å². The predicted octanol–water partition coefficient (Wildman–Crippen LogP) is 2.69. The number of hydrogen-bond donors (Lipinski definition) is 1. The molecule has 4 rings (SSSR count). The van der Waals surface area contributed by atoms with Gasteiger partial charge < -0.3 is 19.7 Å². The van der Waals surface area contributed by atoms with E-state index in [9.17, 15) is 9.59 Å². The standard InChI is InChI=1S/C23H31N5O2/c1-16(2)13-21(30)26-12-9-23(15-26)19-8-6-11-27(19)22-18(7-5-10-24-22)28(23)14-20(29)25-17(3)4/h5-8,10-11,16-17H,9,12-15H2,1-4H3,(H,25,29)/t23-/m1/s1. The Morgan fingerprint density at radius 2 is 2.00 bits per heavy atom. The van der Waals surface area contributed by atoms with E-state index < -0.39 is 5.54 Å². The summed E-state index contributed by atoms with van der Waals surface area (Å²) in [5, 5.41) is 3.02. The zero-order chi connectivity index (χ0) is 21.5. The number of fused-ring (bicyclic) bond motifs is 4. The molecule has 2 aromatic heterocycles. The van der Waals surface area contributed by atoms with Gasteiger partial charge in [-0.05, 0) is 50.5 Å². The fraction of sp³-hybridized carbons (Fsp3) is 0.522. The first-order chi connectivity index (χ1) is 14.3. The molecule has 1 fully saturated rings.